The van der Waals surface area contributed by atoms with Crippen molar-refractivity contribution in [1.29, 1.82) is 0 Å². The minimum Gasteiger partial charge on any atom is -0.486 e. The molecule has 0 bridgehead atoms. The van der Waals surface area contributed by atoms with Crippen LogP contribution in [0.25, 0.3) is 0 Å². The molecule has 0 saturated carbocycles. The van der Waals surface area contributed by atoms with Gasteiger partial charge in [0.15, 0.2) is 11.5 Å². The van der Waals surface area contributed by atoms with Gasteiger partial charge in [-0.15, -0.1) is 0 Å². The standard InChI is InChI=1S/C18H24N2O3/c1-19-6-4-14-5-7-20(15(14)12-19)18(21)11-13-2-3-16-17(10-13)23-9-8-22-16/h2-3,10,14-15H,4-9,11-12H2,1H3. The van der Waals surface area contributed by atoms with E-state index in [-0.39, 0.29) is 5.91 Å². The molecule has 2 unspecified atom stereocenters. The van der Waals surface area contributed by atoms with Crippen LogP contribution in [0.2, 0.25) is 0 Å². The Morgan fingerprint density at radius 1 is 1.17 bits per heavy atom. The third kappa shape index (κ3) is 2.90. The molecule has 1 amide bonds. The molecule has 0 aliphatic carbocycles. The topological polar surface area (TPSA) is 42.0 Å². The normalized spacial score (nSPS) is 26.9. The smallest absolute Gasteiger partial charge is 0.227 e. The van der Waals surface area contributed by atoms with Crippen molar-refractivity contribution in [3.8, 4) is 11.5 Å². The zero-order valence-corrected chi connectivity index (χ0v) is 13.7. The van der Waals surface area contributed by atoms with Crippen molar-refractivity contribution in [1.82, 2.24) is 9.80 Å². The highest BCUT2D eigenvalue weighted by atomic mass is 16.6. The molecule has 1 aromatic carbocycles. The highest BCUT2D eigenvalue weighted by Gasteiger charge is 2.39. The molecule has 2 atom stereocenters. The maximum absolute atomic E-state index is 12.8. The van der Waals surface area contributed by atoms with Crippen LogP contribution in [0.5, 0.6) is 11.5 Å². The second-order valence-corrected chi connectivity index (χ2v) is 6.91. The van der Waals surface area contributed by atoms with E-state index in [9.17, 15) is 4.79 Å². The SMILES string of the molecule is CN1CCC2CCN(C(=O)Cc3ccc4c(c3)OCCO4)C2C1. The van der Waals surface area contributed by atoms with Crippen LogP contribution in [-0.4, -0.2) is 61.6 Å². The van der Waals surface area contributed by atoms with Gasteiger partial charge in [-0.25, -0.2) is 0 Å². The monoisotopic (exact) mass is 316 g/mol. The number of rotatable bonds is 2. The summed E-state index contributed by atoms with van der Waals surface area (Å²) in [7, 11) is 2.15. The minimum absolute atomic E-state index is 0.240. The number of piperidine rings is 1. The van der Waals surface area contributed by atoms with Gasteiger partial charge in [0.2, 0.25) is 5.91 Å². The summed E-state index contributed by atoms with van der Waals surface area (Å²) in [6.07, 6.45) is 2.82. The van der Waals surface area contributed by atoms with Gasteiger partial charge in [0.05, 0.1) is 6.42 Å². The summed E-state index contributed by atoms with van der Waals surface area (Å²) in [6.45, 7) is 4.25. The van der Waals surface area contributed by atoms with Crippen LogP contribution in [0.3, 0.4) is 0 Å². The van der Waals surface area contributed by atoms with Gasteiger partial charge in [-0.1, -0.05) is 6.07 Å². The van der Waals surface area contributed by atoms with Gasteiger partial charge in [-0.3, -0.25) is 4.79 Å². The molecule has 0 spiro atoms. The number of ether oxygens (including phenoxy) is 2. The summed E-state index contributed by atoms with van der Waals surface area (Å²) in [5.41, 5.74) is 1.01. The molecular formula is C18H24N2O3. The van der Waals surface area contributed by atoms with Gasteiger partial charge in [-0.2, -0.15) is 0 Å². The van der Waals surface area contributed by atoms with Crippen LogP contribution in [-0.2, 0) is 11.2 Å². The molecule has 3 heterocycles. The number of carbonyl (C=O) groups excluding carboxylic acids is 1. The van der Waals surface area contributed by atoms with E-state index in [0.29, 0.717) is 31.6 Å². The van der Waals surface area contributed by atoms with Crippen molar-refractivity contribution in [2.24, 2.45) is 5.92 Å². The molecule has 3 aliphatic rings. The van der Waals surface area contributed by atoms with E-state index in [1.54, 1.807) is 0 Å². The predicted octanol–water partition coefficient (Wildman–Crippen LogP) is 1.55. The lowest BCUT2D eigenvalue weighted by atomic mass is 9.92. The van der Waals surface area contributed by atoms with Gasteiger partial charge in [0.1, 0.15) is 13.2 Å². The second kappa shape index (κ2) is 6.04. The van der Waals surface area contributed by atoms with Crippen LogP contribution >= 0.6 is 0 Å². The molecule has 2 saturated heterocycles. The molecule has 2 fully saturated rings. The van der Waals surface area contributed by atoms with Crippen molar-refractivity contribution in [3.63, 3.8) is 0 Å². The number of likely N-dealkylation sites (tertiary alicyclic amines) is 2. The van der Waals surface area contributed by atoms with Crippen LogP contribution < -0.4 is 9.47 Å². The zero-order valence-electron chi connectivity index (χ0n) is 13.7. The highest BCUT2D eigenvalue weighted by molar-refractivity contribution is 5.79. The van der Waals surface area contributed by atoms with Crippen LogP contribution in [0, 0.1) is 5.92 Å². The van der Waals surface area contributed by atoms with Crippen LogP contribution in [0.15, 0.2) is 18.2 Å². The third-order valence-corrected chi connectivity index (χ3v) is 5.35. The zero-order chi connectivity index (χ0) is 15.8. The summed E-state index contributed by atoms with van der Waals surface area (Å²) in [6, 6.07) is 6.25. The number of amides is 1. The number of benzene rings is 1. The first-order valence-electron chi connectivity index (χ1n) is 8.57. The molecule has 0 radical (unpaired) electrons. The van der Waals surface area contributed by atoms with Gasteiger partial charge in [0, 0.05) is 19.1 Å². The van der Waals surface area contributed by atoms with E-state index < -0.39 is 0 Å². The Balaban J connectivity index is 1.45. The number of hydrogen-bond donors (Lipinski definition) is 0. The molecule has 23 heavy (non-hydrogen) atoms. The van der Waals surface area contributed by atoms with E-state index >= 15 is 0 Å². The van der Waals surface area contributed by atoms with Gasteiger partial charge >= 0.3 is 0 Å². The number of carbonyl (C=O) groups is 1. The van der Waals surface area contributed by atoms with Crippen LogP contribution in [0.1, 0.15) is 18.4 Å². The minimum atomic E-state index is 0.240. The van der Waals surface area contributed by atoms with Crippen LogP contribution in [0.4, 0.5) is 0 Å². The lowest BCUT2D eigenvalue weighted by Gasteiger charge is -2.36. The summed E-state index contributed by atoms with van der Waals surface area (Å²) in [5.74, 6) is 2.47. The number of hydrogen-bond acceptors (Lipinski definition) is 4. The average molecular weight is 316 g/mol. The first-order chi connectivity index (χ1) is 11.2. The average Bonchev–Trinajstić information content (AvgIpc) is 2.98. The molecule has 1 aromatic rings. The quantitative estimate of drug-likeness (QED) is 0.830. The van der Waals surface area contributed by atoms with Gasteiger partial charge in [0.25, 0.3) is 0 Å². The molecular weight excluding hydrogens is 292 g/mol. The molecule has 5 heteroatoms. The Hall–Kier alpha value is -1.75. The Labute approximate surface area is 137 Å². The molecule has 4 rings (SSSR count). The third-order valence-electron chi connectivity index (χ3n) is 5.35. The summed E-state index contributed by atoms with van der Waals surface area (Å²) in [5, 5.41) is 0. The summed E-state index contributed by atoms with van der Waals surface area (Å²) >= 11 is 0. The highest BCUT2D eigenvalue weighted by Crippen LogP contribution is 2.33. The van der Waals surface area contributed by atoms with Crippen molar-refractivity contribution in [3.05, 3.63) is 23.8 Å². The second-order valence-electron chi connectivity index (χ2n) is 6.91. The van der Waals surface area contributed by atoms with Crippen molar-refractivity contribution < 1.29 is 14.3 Å². The first-order valence-corrected chi connectivity index (χ1v) is 8.57. The fourth-order valence-corrected chi connectivity index (χ4v) is 4.08. The van der Waals surface area contributed by atoms with Crippen molar-refractivity contribution >= 4 is 5.91 Å². The Morgan fingerprint density at radius 2 is 1.96 bits per heavy atom. The van der Waals surface area contributed by atoms with E-state index in [1.807, 2.05) is 18.2 Å². The van der Waals surface area contributed by atoms with E-state index in [1.165, 1.54) is 6.42 Å². The molecule has 5 nitrogen and oxygen atoms in total. The fraction of sp³-hybridized carbons (Fsp3) is 0.611. The number of fused-ring (bicyclic) bond motifs is 2. The fourth-order valence-electron chi connectivity index (χ4n) is 4.08. The van der Waals surface area contributed by atoms with E-state index in [2.05, 4.69) is 16.8 Å². The molecule has 0 aromatic heterocycles. The number of likely N-dealkylation sites (N-methyl/N-ethyl adjacent to an activating group) is 1. The maximum atomic E-state index is 12.8. The summed E-state index contributed by atoms with van der Waals surface area (Å²) in [4.78, 5) is 17.2. The lowest BCUT2D eigenvalue weighted by Crippen LogP contribution is -2.48. The van der Waals surface area contributed by atoms with Crippen molar-refractivity contribution in [2.75, 3.05) is 39.9 Å². The Morgan fingerprint density at radius 3 is 2.83 bits per heavy atom. The predicted molar refractivity (Wildman–Crippen MR) is 86.9 cm³/mol. The molecule has 0 N–H and O–H groups in total. The van der Waals surface area contributed by atoms with Gasteiger partial charge in [-0.05, 0) is 50.0 Å². The summed E-state index contributed by atoms with van der Waals surface area (Å²) < 4.78 is 11.2. The van der Waals surface area contributed by atoms with E-state index in [4.69, 9.17) is 9.47 Å². The van der Waals surface area contributed by atoms with E-state index in [0.717, 1.165) is 43.1 Å². The largest absolute Gasteiger partial charge is 0.486 e. The lowest BCUT2D eigenvalue weighted by molar-refractivity contribution is -0.132. The molecule has 3 aliphatic heterocycles. The van der Waals surface area contributed by atoms with Crippen molar-refractivity contribution in [2.45, 2.75) is 25.3 Å². The molecule has 124 valence electrons. The Bertz CT molecular complexity index is 604. The van der Waals surface area contributed by atoms with Gasteiger partial charge < -0.3 is 19.3 Å². The first kappa shape index (κ1) is 14.8. The number of nitrogens with zero attached hydrogens (tertiary/aromatic N) is 2. The maximum Gasteiger partial charge on any atom is 0.227 e. The Kier molecular flexibility index (Phi) is 3.89.